The van der Waals surface area contributed by atoms with Crippen molar-refractivity contribution in [3.63, 3.8) is 0 Å². The molecule has 0 saturated carbocycles. The fourth-order valence-corrected chi connectivity index (χ4v) is 4.04. The third kappa shape index (κ3) is 3.26. The van der Waals surface area contributed by atoms with Crippen LogP contribution in [0.4, 0.5) is 5.82 Å². The van der Waals surface area contributed by atoms with E-state index < -0.39 is 0 Å². The van der Waals surface area contributed by atoms with E-state index in [9.17, 15) is 9.59 Å². The zero-order valence-electron chi connectivity index (χ0n) is 14.7. The van der Waals surface area contributed by atoms with Crippen molar-refractivity contribution in [3.05, 3.63) is 64.4 Å². The van der Waals surface area contributed by atoms with Crippen molar-refractivity contribution in [2.75, 3.05) is 5.32 Å². The van der Waals surface area contributed by atoms with Crippen LogP contribution in [0.2, 0.25) is 0 Å². The summed E-state index contributed by atoms with van der Waals surface area (Å²) in [6, 6.07) is 11.5. The third-order valence-corrected chi connectivity index (χ3v) is 5.41. The van der Waals surface area contributed by atoms with Gasteiger partial charge in [0, 0.05) is 10.9 Å². The SMILES string of the molecule is Cc1cc(NC(=O)Cn2cnc3sc(-c4ccccc4)c(C)c3c2=O)no1. The number of benzene rings is 1. The zero-order valence-corrected chi connectivity index (χ0v) is 15.5. The molecule has 0 aliphatic rings. The summed E-state index contributed by atoms with van der Waals surface area (Å²) in [4.78, 5) is 31.2. The van der Waals surface area contributed by atoms with E-state index in [-0.39, 0.29) is 18.0 Å². The molecule has 0 saturated heterocycles. The molecule has 3 aromatic heterocycles. The van der Waals surface area contributed by atoms with E-state index in [2.05, 4.69) is 15.5 Å². The Hall–Kier alpha value is -3.26. The Kier molecular flexibility index (Phi) is 4.33. The molecule has 4 rings (SSSR count). The highest BCUT2D eigenvalue weighted by atomic mass is 32.1. The van der Waals surface area contributed by atoms with E-state index in [0.717, 1.165) is 16.0 Å². The minimum absolute atomic E-state index is 0.149. The molecule has 0 fully saturated rings. The number of carbonyl (C=O) groups is 1. The molecular weight excluding hydrogens is 364 g/mol. The lowest BCUT2D eigenvalue weighted by Gasteiger charge is -2.05. The van der Waals surface area contributed by atoms with Crippen molar-refractivity contribution in [2.45, 2.75) is 20.4 Å². The van der Waals surface area contributed by atoms with E-state index in [0.29, 0.717) is 21.8 Å². The summed E-state index contributed by atoms with van der Waals surface area (Å²) in [7, 11) is 0. The zero-order chi connectivity index (χ0) is 19.0. The van der Waals surface area contributed by atoms with Crippen LogP contribution in [0.5, 0.6) is 0 Å². The van der Waals surface area contributed by atoms with Crippen LogP contribution in [-0.4, -0.2) is 20.6 Å². The summed E-state index contributed by atoms with van der Waals surface area (Å²) >= 11 is 1.48. The lowest BCUT2D eigenvalue weighted by molar-refractivity contribution is -0.116. The molecular formula is C19H16N4O3S. The van der Waals surface area contributed by atoms with Gasteiger partial charge in [-0.3, -0.25) is 14.2 Å². The van der Waals surface area contributed by atoms with Crippen LogP contribution in [0.3, 0.4) is 0 Å². The Bertz CT molecular complexity index is 1190. The third-order valence-electron chi connectivity index (χ3n) is 4.16. The van der Waals surface area contributed by atoms with Crippen LogP contribution < -0.4 is 10.9 Å². The van der Waals surface area contributed by atoms with Crippen LogP contribution in [0, 0.1) is 13.8 Å². The molecule has 0 unspecified atom stereocenters. The van der Waals surface area contributed by atoms with Gasteiger partial charge in [-0.05, 0) is 25.0 Å². The number of rotatable bonds is 4. The predicted octanol–water partition coefficient (Wildman–Crippen LogP) is 3.37. The molecule has 1 amide bonds. The average molecular weight is 380 g/mol. The molecule has 27 heavy (non-hydrogen) atoms. The van der Waals surface area contributed by atoms with Gasteiger partial charge >= 0.3 is 0 Å². The predicted molar refractivity (Wildman–Crippen MR) is 104 cm³/mol. The Balaban J connectivity index is 1.67. The monoisotopic (exact) mass is 380 g/mol. The fourth-order valence-electron chi connectivity index (χ4n) is 2.90. The van der Waals surface area contributed by atoms with Gasteiger partial charge in [0.15, 0.2) is 5.82 Å². The molecule has 0 bridgehead atoms. The molecule has 8 heteroatoms. The summed E-state index contributed by atoms with van der Waals surface area (Å²) < 4.78 is 6.22. The van der Waals surface area contributed by atoms with Crippen LogP contribution in [-0.2, 0) is 11.3 Å². The fraction of sp³-hybridized carbons (Fsp3) is 0.158. The molecule has 3 heterocycles. The highest BCUT2D eigenvalue weighted by Crippen LogP contribution is 2.35. The number of hydrogen-bond acceptors (Lipinski definition) is 6. The maximum atomic E-state index is 12.9. The van der Waals surface area contributed by atoms with Crippen molar-refractivity contribution in [1.29, 1.82) is 0 Å². The van der Waals surface area contributed by atoms with Crippen LogP contribution in [0.15, 0.2) is 52.0 Å². The first-order chi connectivity index (χ1) is 13.0. The Labute approximate surface area is 158 Å². The van der Waals surface area contributed by atoms with E-state index in [1.54, 1.807) is 13.0 Å². The molecule has 0 aliphatic heterocycles. The van der Waals surface area contributed by atoms with Gasteiger partial charge in [0.05, 0.1) is 11.7 Å². The Morgan fingerprint density at radius 2 is 2.04 bits per heavy atom. The molecule has 0 spiro atoms. The van der Waals surface area contributed by atoms with E-state index in [1.807, 2.05) is 37.3 Å². The molecule has 1 N–H and O–H groups in total. The topological polar surface area (TPSA) is 90.0 Å². The van der Waals surface area contributed by atoms with Crippen LogP contribution >= 0.6 is 11.3 Å². The summed E-state index contributed by atoms with van der Waals surface area (Å²) in [6.07, 6.45) is 1.41. The highest BCUT2D eigenvalue weighted by Gasteiger charge is 2.17. The standard InChI is InChI=1S/C19H16N4O3S/c1-11-8-14(22-26-11)21-15(24)9-23-10-20-18-16(19(23)25)12(2)17(27-18)13-6-4-3-5-7-13/h3-8,10H,9H2,1-2H3,(H,21,22,24). The number of thiophene rings is 1. The first kappa shape index (κ1) is 17.2. The van der Waals surface area contributed by atoms with Gasteiger partial charge in [0.2, 0.25) is 5.91 Å². The van der Waals surface area contributed by atoms with Crippen molar-refractivity contribution in [2.24, 2.45) is 0 Å². The summed E-state index contributed by atoms with van der Waals surface area (Å²) in [5.74, 6) is 0.535. The van der Waals surface area contributed by atoms with Gasteiger partial charge < -0.3 is 9.84 Å². The largest absolute Gasteiger partial charge is 0.360 e. The number of aryl methyl sites for hydroxylation is 2. The van der Waals surface area contributed by atoms with Gasteiger partial charge in [-0.15, -0.1) is 11.3 Å². The number of nitrogens with zero attached hydrogens (tertiary/aromatic N) is 3. The highest BCUT2D eigenvalue weighted by molar-refractivity contribution is 7.22. The number of aromatic nitrogens is 3. The molecule has 4 aromatic rings. The van der Waals surface area contributed by atoms with Gasteiger partial charge in [0.1, 0.15) is 17.1 Å². The number of fused-ring (bicyclic) bond motifs is 1. The minimum Gasteiger partial charge on any atom is -0.360 e. The first-order valence-electron chi connectivity index (χ1n) is 8.30. The summed E-state index contributed by atoms with van der Waals surface area (Å²) in [6.45, 7) is 3.49. The molecule has 136 valence electrons. The lowest BCUT2D eigenvalue weighted by Crippen LogP contribution is -2.27. The van der Waals surface area contributed by atoms with E-state index in [4.69, 9.17) is 4.52 Å². The maximum Gasteiger partial charge on any atom is 0.262 e. The maximum absolute atomic E-state index is 12.9. The van der Waals surface area contributed by atoms with Gasteiger partial charge in [-0.25, -0.2) is 4.98 Å². The molecule has 0 radical (unpaired) electrons. The van der Waals surface area contributed by atoms with Crippen molar-refractivity contribution >= 4 is 33.3 Å². The quantitative estimate of drug-likeness (QED) is 0.586. The van der Waals surface area contributed by atoms with Crippen LogP contribution in [0.25, 0.3) is 20.7 Å². The molecule has 1 aromatic carbocycles. The smallest absolute Gasteiger partial charge is 0.262 e. The minimum atomic E-state index is -0.372. The second kappa shape index (κ2) is 6.81. The average Bonchev–Trinajstić information content (AvgIpc) is 3.21. The van der Waals surface area contributed by atoms with Gasteiger partial charge in [0.25, 0.3) is 5.56 Å². The molecule has 0 atom stereocenters. The molecule has 7 nitrogen and oxygen atoms in total. The van der Waals surface area contributed by atoms with Crippen LogP contribution in [0.1, 0.15) is 11.3 Å². The van der Waals surface area contributed by atoms with E-state index in [1.165, 1.54) is 22.2 Å². The first-order valence-corrected chi connectivity index (χ1v) is 9.11. The summed E-state index contributed by atoms with van der Waals surface area (Å²) in [5.41, 5.74) is 1.69. The second-order valence-corrected chi connectivity index (χ2v) is 7.15. The lowest BCUT2D eigenvalue weighted by atomic mass is 10.1. The number of amides is 1. The number of carbonyl (C=O) groups excluding carboxylic acids is 1. The normalized spacial score (nSPS) is 11.0. The van der Waals surface area contributed by atoms with Gasteiger partial charge in [-0.1, -0.05) is 35.5 Å². The Morgan fingerprint density at radius 3 is 2.74 bits per heavy atom. The van der Waals surface area contributed by atoms with E-state index >= 15 is 0 Å². The Morgan fingerprint density at radius 1 is 1.26 bits per heavy atom. The second-order valence-electron chi connectivity index (χ2n) is 6.15. The summed E-state index contributed by atoms with van der Waals surface area (Å²) in [5, 5.41) is 6.86. The number of nitrogens with one attached hydrogen (secondary N) is 1. The molecule has 0 aliphatic carbocycles. The van der Waals surface area contributed by atoms with Crippen molar-refractivity contribution in [3.8, 4) is 10.4 Å². The van der Waals surface area contributed by atoms with Gasteiger partial charge in [-0.2, -0.15) is 0 Å². The number of hydrogen-bond donors (Lipinski definition) is 1. The van der Waals surface area contributed by atoms with Crippen molar-refractivity contribution in [1.82, 2.24) is 14.7 Å². The van der Waals surface area contributed by atoms with Crippen molar-refractivity contribution < 1.29 is 9.32 Å². The number of anilines is 1.